The van der Waals surface area contributed by atoms with Crippen molar-refractivity contribution in [1.82, 2.24) is 30.0 Å². The number of furan rings is 1. The molecule has 1 amide bonds. The second kappa shape index (κ2) is 8.31. The van der Waals surface area contributed by atoms with E-state index in [2.05, 4.69) is 54.2 Å². The Hall–Kier alpha value is -3.52. The molecule has 0 unspecified atom stereocenters. The monoisotopic (exact) mass is 416 g/mol. The van der Waals surface area contributed by atoms with Gasteiger partial charge in [0, 0.05) is 44.2 Å². The zero-order valence-corrected chi connectivity index (χ0v) is 17.4. The lowest BCUT2D eigenvalue weighted by Gasteiger charge is -2.20. The Morgan fingerprint density at radius 3 is 2.97 bits per heavy atom. The highest BCUT2D eigenvalue weighted by Crippen LogP contribution is 2.19. The molecule has 8 nitrogen and oxygen atoms in total. The first kappa shape index (κ1) is 19.4. The number of nitrogens with zero attached hydrogens (tertiary/aromatic N) is 5. The van der Waals surface area contributed by atoms with Gasteiger partial charge in [-0.25, -0.2) is 0 Å². The Morgan fingerprint density at radius 2 is 2.10 bits per heavy atom. The summed E-state index contributed by atoms with van der Waals surface area (Å²) in [4.78, 5) is 19.2. The average molecular weight is 416 g/mol. The van der Waals surface area contributed by atoms with Crippen molar-refractivity contribution in [3.05, 3.63) is 77.9 Å². The van der Waals surface area contributed by atoms with Crippen molar-refractivity contribution >= 4 is 16.8 Å². The maximum Gasteiger partial charge on any atom is 0.287 e. The van der Waals surface area contributed by atoms with Crippen LogP contribution in [0, 0.1) is 0 Å². The summed E-state index contributed by atoms with van der Waals surface area (Å²) < 4.78 is 7.31. The Balaban J connectivity index is 1.26. The van der Waals surface area contributed by atoms with E-state index < -0.39 is 0 Å². The number of carbonyl (C=O) groups is 1. The topological polar surface area (TPSA) is 89.1 Å². The van der Waals surface area contributed by atoms with Gasteiger partial charge < -0.3 is 14.3 Å². The van der Waals surface area contributed by atoms with Gasteiger partial charge in [-0.15, -0.1) is 10.2 Å². The predicted molar refractivity (Wildman–Crippen MR) is 115 cm³/mol. The van der Waals surface area contributed by atoms with Crippen LogP contribution >= 0.6 is 0 Å². The van der Waals surface area contributed by atoms with Crippen LogP contribution in [0.15, 0.2) is 59.3 Å². The molecule has 0 radical (unpaired) electrons. The van der Waals surface area contributed by atoms with Crippen LogP contribution in [0.3, 0.4) is 0 Å². The molecule has 1 atom stereocenters. The van der Waals surface area contributed by atoms with E-state index >= 15 is 0 Å². The molecule has 0 saturated heterocycles. The van der Waals surface area contributed by atoms with Gasteiger partial charge in [0.2, 0.25) is 0 Å². The van der Waals surface area contributed by atoms with Gasteiger partial charge in [0.1, 0.15) is 5.82 Å². The van der Waals surface area contributed by atoms with E-state index in [1.807, 2.05) is 19.2 Å². The van der Waals surface area contributed by atoms with E-state index in [-0.39, 0.29) is 11.9 Å². The van der Waals surface area contributed by atoms with E-state index in [1.54, 1.807) is 12.1 Å². The lowest BCUT2D eigenvalue weighted by atomic mass is 10.1. The Bertz CT molecular complexity index is 1200. The Labute approximate surface area is 179 Å². The molecule has 4 heterocycles. The zero-order valence-electron chi connectivity index (χ0n) is 17.4. The number of nitrogens with one attached hydrogen (secondary N) is 1. The zero-order chi connectivity index (χ0) is 21.2. The average Bonchev–Trinajstić information content (AvgIpc) is 3.42. The van der Waals surface area contributed by atoms with Gasteiger partial charge >= 0.3 is 0 Å². The summed E-state index contributed by atoms with van der Waals surface area (Å²) in [5.41, 5.74) is 2.28. The molecule has 1 aliphatic rings. The highest BCUT2D eigenvalue weighted by molar-refractivity contribution is 5.91. The number of carbonyl (C=O) groups excluding carboxylic acids is 1. The van der Waals surface area contributed by atoms with Crippen LogP contribution in [0.2, 0.25) is 0 Å². The van der Waals surface area contributed by atoms with E-state index in [1.165, 1.54) is 11.8 Å². The molecule has 5 rings (SSSR count). The van der Waals surface area contributed by atoms with Gasteiger partial charge in [0.15, 0.2) is 11.6 Å². The number of hydrogen-bond donors (Lipinski definition) is 1. The number of fused-ring (bicyclic) bond motifs is 2. The maximum atomic E-state index is 12.3. The number of hydrogen-bond acceptors (Lipinski definition) is 6. The quantitative estimate of drug-likeness (QED) is 0.538. The van der Waals surface area contributed by atoms with Crippen LogP contribution in [-0.4, -0.2) is 43.6 Å². The molecule has 0 spiro atoms. The van der Waals surface area contributed by atoms with Crippen LogP contribution in [0.25, 0.3) is 10.9 Å². The first-order valence-electron chi connectivity index (χ1n) is 10.5. The van der Waals surface area contributed by atoms with Crippen molar-refractivity contribution in [2.24, 2.45) is 0 Å². The molecule has 1 aromatic carbocycles. The minimum Gasteiger partial charge on any atom is -0.459 e. The third-order valence-corrected chi connectivity index (χ3v) is 5.70. The minimum atomic E-state index is -0.267. The largest absolute Gasteiger partial charge is 0.459 e. The predicted octanol–water partition coefficient (Wildman–Crippen LogP) is 2.97. The SMILES string of the molecule is C[C@H](NC(=O)c1ccco1)c1nnc2n1CCN(Cc1ccc3cccnc3c1)CC2. The van der Waals surface area contributed by atoms with Gasteiger partial charge in [-0.05, 0) is 36.8 Å². The van der Waals surface area contributed by atoms with E-state index in [9.17, 15) is 4.79 Å². The van der Waals surface area contributed by atoms with Crippen LogP contribution in [-0.2, 0) is 19.5 Å². The van der Waals surface area contributed by atoms with Crippen molar-refractivity contribution in [2.75, 3.05) is 13.1 Å². The third-order valence-electron chi connectivity index (χ3n) is 5.70. The molecule has 158 valence electrons. The molecule has 31 heavy (non-hydrogen) atoms. The summed E-state index contributed by atoms with van der Waals surface area (Å²) in [6.45, 7) is 5.36. The number of rotatable bonds is 5. The van der Waals surface area contributed by atoms with Crippen LogP contribution in [0.4, 0.5) is 0 Å². The van der Waals surface area contributed by atoms with Crippen LogP contribution in [0.5, 0.6) is 0 Å². The molecule has 8 heteroatoms. The van der Waals surface area contributed by atoms with Gasteiger partial charge in [-0.3, -0.25) is 14.7 Å². The van der Waals surface area contributed by atoms with Gasteiger partial charge in [0.25, 0.3) is 5.91 Å². The second-order valence-electron chi connectivity index (χ2n) is 7.86. The van der Waals surface area contributed by atoms with Gasteiger partial charge in [0.05, 0.1) is 17.8 Å². The molecular formula is C23H24N6O2. The maximum absolute atomic E-state index is 12.3. The molecule has 0 fully saturated rings. The van der Waals surface area contributed by atoms with Crippen LogP contribution in [0.1, 0.15) is 40.7 Å². The number of amides is 1. The summed E-state index contributed by atoms with van der Waals surface area (Å²) in [7, 11) is 0. The van der Waals surface area contributed by atoms with E-state index in [0.29, 0.717) is 5.76 Å². The molecule has 4 aromatic rings. The van der Waals surface area contributed by atoms with Crippen LogP contribution < -0.4 is 5.32 Å². The van der Waals surface area contributed by atoms with Crippen molar-refractivity contribution in [1.29, 1.82) is 0 Å². The Kier molecular flexibility index (Phi) is 5.21. The lowest BCUT2D eigenvalue weighted by Crippen LogP contribution is -2.30. The molecule has 1 N–H and O–H groups in total. The normalized spacial score (nSPS) is 15.4. The van der Waals surface area contributed by atoms with E-state index in [0.717, 1.165) is 55.2 Å². The standard InChI is InChI=1S/C23H24N6O2/c1-16(25-23(30)20-5-3-13-31-20)22-27-26-21-8-10-28(11-12-29(21)22)15-17-6-7-18-4-2-9-24-19(18)14-17/h2-7,9,13-14,16H,8,10-12,15H2,1H3,(H,25,30)/t16-/m0/s1. The molecule has 3 aromatic heterocycles. The van der Waals surface area contributed by atoms with Gasteiger partial charge in [-0.2, -0.15) is 0 Å². The number of aromatic nitrogens is 4. The first-order chi connectivity index (χ1) is 15.2. The Morgan fingerprint density at radius 1 is 1.16 bits per heavy atom. The molecule has 0 bridgehead atoms. The lowest BCUT2D eigenvalue weighted by molar-refractivity contribution is 0.0909. The summed E-state index contributed by atoms with van der Waals surface area (Å²) in [5, 5.41) is 12.9. The third kappa shape index (κ3) is 4.06. The fourth-order valence-electron chi connectivity index (χ4n) is 4.08. The number of benzene rings is 1. The summed E-state index contributed by atoms with van der Waals surface area (Å²) >= 11 is 0. The van der Waals surface area contributed by atoms with Crippen molar-refractivity contribution in [3.8, 4) is 0 Å². The molecular weight excluding hydrogens is 392 g/mol. The summed E-state index contributed by atoms with van der Waals surface area (Å²) in [6, 6.07) is 13.6. The summed E-state index contributed by atoms with van der Waals surface area (Å²) in [5.74, 6) is 1.76. The van der Waals surface area contributed by atoms with E-state index in [4.69, 9.17) is 4.42 Å². The van der Waals surface area contributed by atoms with Gasteiger partial charge in [-0.1, -0.05) is 18.2 Å². The fourth-order valence-corrected chi connectivity index (χ4v) is 4.08. The van der Waals surface area contributed by atoms with Crippen molar-refractivity contribution < 1.29 is 9.21 Å². The van der Waals surface area contributed by atoms with Crippen molar-refractivity contribution in [3.63, 3.8) is 0 Å². The summed E-state index contributed by atoms with van der Waals surface area (Å²) in [6.07, 6.45) is 4.14. The molecule has 0 aliphatic carbocycles. The smallest absolute Gasteiger partial charge is 0.287 e. The second-order valence-corrected chi connectivity index (χ2v) is 7.86. The number of pyridine rings is 1. The highest BCUT2D eigenvalue weighted by Gasteiger charge is 2.23. The minimum absolute atomic E-state index is 0.255. The highest BCUT2D eigenvalue weighted by atomic mass is 16.3. The molecule has 1 aliphatic heterocycles. The first-order valence-corrected chi connectivity index (χ1v) is 10.5. The molecule has 0 saturated carbocycles. The fraction of sp³-hybridized carbons (Fsp3) is 0.304. The van der Waals surface area contributed by atoms with Crippen molar-refractivity contribution in [2.45, 2.75) is 32.5 Å².